The topological polar surface area (TPSA) is 732 Å². The van der Waals surface area contributed by atoms with E-state index in [-0.39, 0.29) is 90.3 Å². The average Bonchev–Trinajstić information content (AvgIpc) is 0.837. The van der Waals surface area contributed by atoms with Gasteiger partial charge in [0.1, 0.15) is 109 Å². The van der Waals surface area contributed by atoms with Crippen molar-refractivity contribution in [1.82, 2.24) is 74.4 Å². The highest BCUT2D eigenvalue weighted by atomic mass is 16.7. The van der Waals surface area contributed by atoms with Crippen LogP contribution in [0.1, 0.15) is 257 Å². The highest BCUT2D eigenvalue weighted by Gasteiger charge is 2.46. The summed E-state index contributed by atoms with van der Waals surface area (Å²) in [5.41, 5.74) is 46.7. The van der Waals surface area contributed by atoms with E-state index in [4.69, 9.17) is 55.3 Å². The summed E-state index contributed by atoms with van der Waals surface area (Å²) in [7, 11) is 0. The minimum absolute atomic E-state index is 0.00311. The smallest absolute Gasteiger partial charge is 0.243 e. The van der Waals surface area contributed by atoms with Crippen molar-refractivity contribution in [3.63, 3.8) is 0 Å². The molecule has 0 aromatic rings. The third-order valence-electron chi connectivity index (χ3n) is 25.2. The zero-order chi connectivity index (χ0) is 100. The summed E-state index contributed by atoms with van der Waals surface area (Å²) in [6.45, 7) is 24.0. The number of hydrogen-bond donors (Lipinski definition) is 26. The van der Waals surface area contributed by atoms with E-state index in [9.17, 15) is 82.8 Å². The second-order valence-electron chi connectivity index (χ2n) is 35.4. The molecule has 762 valence electrons. The molecule has 132 heavy (non-hydrogen) atoms. The first-order chi connectivity index (χ1) is 62.6. The number of aliphatic hydroxyl groups is 4. The molecular weight excluding hydrogens is 1710 g/mol. The number of ether oxygens (including phenoxy) is 2. The van der Waals surface area contributed by atoms with Gasteiger partial charge in [-0.2, -0.15) is 0 Å². The molecule has 1 saturated heterocycles. The average molecular weight is 1880 g/mol. The molecule has 0 aromatic carbocycles. The SMILES string of the molecule is CC[C@H](C)[C@H](NC(=O)CN)C(=O)N[C@H](C(=O)N[C@@H](CCCCN)C(=O)N[C@@H](CCCCN)C(=O)N[C@H](C(=O)N[C@H](C(=O)N[C@@H](CCCCN)C(=O)N[C@@H](CCCCN)C(=O)N[C@H](C(=O)N[C@H](C(=O)N[C@@H](CCCCN)C(=O)N[C@@H](CCCCN)C(=O)N[C@H](C(=O)N[C@@H](CO[C@@H]1O[C@H](CO)[C@H](O)[C@H](O)[C@H]1O)C(N)=O)[C@@H](C)CC)[C@@H](C)CC)[C@@H](C)CC)[C@@H](C)CC)[C@@H](C)CC)[C@@H](C)CC. The molecule has 0 aromatic heterocycles. The number of nitrogens with one attached hydrogen (secondary N) is 14. The van der Waals surface area contributed by atoms with Crippen molar-refractivity contribution in [3.8, 4) is 0 Å². The van der Waals surface area contributed by atoms with E-state index in [0.29, 0.717) is 122 Å². The van der Waals surface area contributed by atoms with Crippen LogP contribution in [-0.2, 0) is 81.4 Å². The predicted molar refractivity (Wildman–Crippen MR) is 499 cm³/mol. The first-order valence-electron chi connectivity index (χ1n) is 48.0. The number of hydrogen-bond acceptors (Lipinski definition) is 28. The van der Waals surface area contributed by atoms with Gasteiger partial charge < -0.3 is 150 Å². The van der Waals surface area contributed by atoms with Crippen LogP contribution in [0.3, 0.4) is 0 Å². The van der Waals surface area contributed by atoms with Crippen molar-refractivity contribution >= 4 is 88.6 Å². The maximum absolute atomic E-state index is 15.0. The Labute approximate surface area is 780 Å². The molecule has 0 aliphatic carbocycles. The predicted octanol–water partition coefficient (Wildman–Crippen LogP) is -3.87. The van der Waals surface area contributed by atoms with Crippen LogP contribution in [-0.4, -0.2) is 283 Å². The Morgan fingerprint density at radius 3 is 0.682 bits per heavy atom. The minimum Gasteiger partial charge on any atom is -0.394 e. The first-order valence-corrected chi connectivity index (χ1v) is 48.0. The molecule has 1 rings (SSSR count). The Kier molecular flexibility index (Phi) is 61.6. The Morgan fingerprint density at radius 2 is 0.477 bits per heavy atom. The number of primary amides is 1. The molecular formula is C89H170N22O21. The van der Waals surface area contributed by atoms with Crippen molar-refractivity contribution in [2.24, 2.45) is 87.3 Å². The summed E-state index contributed by atoms with van der Waals surface area (Å²) < 4.78 is 10.9. The number of rotatable bonds is 71. The van der Waals surface area contributed by atoms with Gasteiger partial charge in [-0.3, -0.25) is 71.9 Å². The maximum atomic E-state index is 15.0. The monoisotopic (exact) mass is 1880 g/mol. The fraction of sp³-hybridized carbons (Fsp3) is 0.831. The fourth-order valence-electron chi connectivity index (χ4n) is 14.7. The summed E-state index contributed by atoms with van der Waals surface area (Å²) in [6.07, 6.45) is -1.46. The zero-order valence-corrected chi connectivity index (χ0v) is 80.9. The zero-order valence-electron chi connectivity index (χ0n) is 80.9. The van der Waals surface area contributed by atoms with Crippen LogP contribution in [0, 0.1) is 41.4 Å². The van der Waals surface area contributed by atoms with Gasteiger partial charge in [0.05, 0.1) is 19.8 Å². The quantitative estimate of drug-likeness (QED) is 0.0259. The van der Waals surface area contributed by atoms with E-state index < -0.39 is 253 Å². The lowest BCUT2D eigenvalue weighted by atomic mass is 9.94. The fourth-order valence-corrected chi connectivity index (χ4v) is 14.7. The van der Waals surface area contributed by atoms with Crippen molar-refractivity contribution in [1.29, 1.82) is 0 Å². The normalized spacial score (nSPS) is 19.8. The Bertz CT molecular complexity index is 3480. The maximum Gasteiger partial charge on any atom is 0.243 e. The molecule has 1 aliphatic rings. The molecule has 0 unspecified atom stereocenters. The van der Waals surface area contributed by atoms with E-state index in [0.717, 1.165) is 0 Å². The molecule has 34 N–H and O–H groups in total. The van der Waals surface area contributed by atoms with Gasteiger partial charge in [0.15, 0.2) is 6.29 Å². The Morgan fingerprint density at radius 1 is 0.280 bits per heavy atom. The Hall–Kier alpha value is -8.47. The summed E-state index contributed by atoms with van der Waals surface area (Å²) in [6, 6.07) is -18.6. The second kappa shape index (κ2) is 66.9. The number of nitrogens with two attached hydrogens (primary N) is 8. The molecule has 0 bridgehead atoms. The van der Waals surface area contributed by atoms with Crippen molar-refractivity contribution < 1.29 is 102 Å². The summed E-state index contributed by atoms with van der Waals surface area (Å²) in [5.74, 6) is -15.8. The lowest BCUT2D eigenvalue weighted by Gasteiger charge is -2.39. The summed E-state index contributed by atoms with van der Waals surface area (Å²) in [4.78, 5) is 216. The van der Waals surface area contributed by atoms with Crippen LogP contribution in [0.4, 0.5) is 0 Å². The van der Waals surface area contributed by atoms with Gasteiger partial charge in [-0.05, 0) is 196 Å². The number of carbonyl (C=O) groups excluding carboxylic acids is 15. The van der Waals surface area contributed by atoms with Gasteiger partial charge in [0.25, 0.3) is 0 Å². The van der Waals surface area contributed by atoms with Crippen molar-refractivity contribution in [2.45, 2.75) is 373 Å². The van der Waals surface area contributed by atoms with Gasteiger partial charge >= 0.3 is 0 Å². The molecule has 0 spiro atoms. The van der Waals surface area contributed by atoms with Crippen LogP contribution in [0.5, 0.6) is 0 Å². The highest BCUT2D eigenvalue weighted by molar-refractivity contribution is 6.01. The van der Waals surface area contributed by atoms with Crippen LogP contribution in [0.2, 0.25) is 0 Å². The van der Waals surface area contributed by atoms with Crippen LogP contribution in [0.25, 0.3) is 0 Å². The largest absolute Gasteiger partial charge is 0.394 e. The second-order valence-corrected chi connectivity index (χ2v) is 35.4. The van der Waals surface area contributed by atoms with Crippen molar-refractivity contribution in [3.05, 3.63) is 0 Å². The van der Waals surface area contributed by atoms with Crippen LogP contribution >= 0.6 is 0 Å². The summed E-state index contributed by atoms with van der Waals surface area (Å²) >= 11 is 0. The number of carbonyl (C=O) groups is 15. The first kappa shape index (κ1) is 122. The lowest BCUT2D eigenvalue weighted by molar-refractivity contribution is -0.301. The molecule has 0 saturated carbocycles. The number of aliphatic hydroxyl groups excluding tert-OH is 4. The van der Waals surface area contributed by atoms with Crippen LogP contribution < -0.4 is 120 Å². The molecule has 26 atom stereocenters. The molecule has 0 radical (unpaired) electrons. The minimum atomic E-state index is -1.85. The standard InChI is InChI=1S/C89H170N22O21/c1-15-49(8)65(105-64(113)46-96)86(128)109-67(51(10)17-3)82(124)101-56(34-22-28-40-90)77(119)99-60(38-26-32-44-94)80(122)107-70(54(13)20-6)88(130)111-69(53(12)19-5)84(126)103-58(36-24-30-42-92)78(120)100-61(39-27-33-45-95)81(123)108-71(55(14)21-7)87(129)110-68(52(11)18-4)83(125)102-57(35-23-29-41-91)76(118)98-59(37-25-31-43-93)79(121)106-66(50(9)16-2)85(127)104-62(75(97)117)48-131-89-74(116)73(115)72(114)63(47-112)132-89/h49-63,65-74,89,112,114-116H,15-48,90-96H2,1-14H3,(H2,97,117)(H,98,118)(H,99,119)(H,100,120)(H,101,124)(H,102,125)(H,103,126)(H,104,127)(H,105,113)(H,106,121)(H,107,122)(H,108,123)(H,109,128)(H,110,129)(H,111,130)/t49-,50-,51-,52-,53-,54-,55-,56-,57-,58-,59-,60-,61-,62-,63+,65-,66-,67-,68-,69-,70-,71-,72-,73-,74+,89+/m0/s1. The van der Waals surface area contributed by atoms with E-state index in [2.05, 4.69) is 74.4 Å². The van der Waals surface area contributed by atoms with Gasteiger partial charge in [0, 0.05) is 0 Å². The third kappa shape index (κ3) is 42.2. The molecule has 15 amide bonds. The van der Waals surface area contributed by atoms with Gasteiger partial charge in [-0.15, -0.1) is 0 Å². The van der Waals surface area contributed by atoms with Crippen LogP contribution in [0.15, 0.2) is 0 Å². The lowest BCUT2D eigenvalue weighted by Crippen LogP contribution is -2.63. The molecule has 43 heteroatoms. The van der Waals surface area contributed by atoms with Crippen molar-refractivity contribution in [2.75, 3.05) is 59.0 Å². The highest BCUT2D eigenvalue weighted by Crippen LogP contribution is 2.25. The van der Waals surface area contributed by atoms with Gasteiger partial charge in [-0.25, -0.2) is 0 Å². The number of amides is 15. The molecule has 1 fully saturated rings. The molecule has 43 nitrogen and oxygen atoms in total. The molecule has 1 aliphatic heterocycles. The Balaban J connectivity index is 3.82. The third-order valence-corrected chi connectivity index (χ3v) is 25.2. The van der Waals surface area contributed by atoms with Gasteiger partial charge in [0.2, 0.25) is 88.6 Å². The van der Waals surface area contributed by atoms with E-state index in [1.54, 1.807) is 83.1 Å². The van der Waals surface area contributed by atoms with E-state index in [1.165, 1.54) is 0 Å². The summed E-state index contributed by atoms with van der Waals surface area (Å²) in [5, 5.41) is 79.6. The number of unbranched alkanes of at least 4 members (excludes halogenated alkanes) is 6. The van der Waals surface area contributed by atoms with Gasteiger partial charge in [-0.1, -0.05) is 142 Å². The van der Waals surface area contributed by atoms with E-state index in [1.807, 2.05) is 13.8 Å². The molecule has 1 heterocycles. The van der Waals surface area contributed by atoms with E-state index >= 15 is 9.59 Å².